The topological polar surface area (TPSA) is 133 Å². The highest BCUT2D eigenvalue weighted by Gasteiger charge is 2.25. The van der Waals surface area contributed by atoms with Gasteiger partial charge < -0.3 is 14.8 Å². The van der Waals surface area contributed by atoms with Gasteiger partial charge in [-0.2, -0.15) is 0 Å². The Morgan fingerprint density at radius 2 is 1.82 bits per heavy atom. The number of anilines is 2. The standard InChI is InChI=1S/C21H19FN4O6S2/c1-31-17-7-15(16(26(29)30)8-18(17)32-2)20(28)25-21-24-14(10-34-21)9-33-11-19(27)23-13-5-3-12(22)4-6-13/h3-8,10H,9,11H2,1-2H3,(H,23,27)(H,24,25,28). The lowest BCUT2D eigenvalue weighted by Crippen LogP contribution is -2.14. The first-order valence-electron chi connectivity index (χ1n) is 9.60. The van der Waals surface area contributed by atoms with E-state index in [1.54, 1.807) is 5.38 Å². The summed E-state index contributed by atoms with van der Waals surface area (Å²) in [6.45, 7) is 0. The third-order valence-electron chi connectivity index (χ3n) is 4.33. The van der Waals surface area contributed by atoms with Crippen LogP contribution in [0.15, 0.2) is 41.8 Å². The number of thiazole rings is 1. The number of nitrogens with zero attached hydrogens (tertiary/aromatic N) is 2. The fraction of sp³-hybridized carbons (Fsp3) is 0.190. The molecule has 0 bridgehead atoms. The van der Waals surface area contributed by atoms with Gasteiger partial charge in [0, 0.05) is 22.9 Å². The quantitative estimate of drug-likeness (QED) is 0.307. The molecule has 34 heavy (non-hydrogen) atoms. The van der Waals surface area contributed by atoms with Crippen LogP contribution in [0, 0.1) is 15.9 Å². The second kappa shape index (κ2) is 11.4. The molecule has 10 nitrogen and oxygen atoms in total. The SMILES string of the molecule is COc1cc(C(=O)Nc2nc(CSCC(=O)Nc3ccc(F)cc3)cs2)c([N+](=O)[O-])cc1OC. The molecule has 1 heterocycles. The van der Waals surface area contributed by atoms with Gasteiger partial charge in [0.1, 0.15) is 11.4 Å². The summed E-state index contributed by atoms with van der Waals surface area (Å²) in [5, 5.41) is 18.6. The molecule has 0 radical (unpaired) electrons. The summed E-state index contributed by atoms with van der Waals surface area (Å²) in [5.41, 5.74) is 0.484. The van der Waals surface area contributed by atoms with Crippen molar-refractivity contribution in [2.45, 2.75) is 5.75 Å². The molecule has 0 aliphatic carbocycles. The van der Waals surface area contributed by atoms with E-state index in [4.69, 9.17) is 9.47 Å². The van der Waals surface area contributed by atoms with E-state index in [0.29, 0.717) is 17.1 Å². The van der Waals surface area contributed by atoms with E-state index in [1.807, 2.05) is 0 Å². The van der Waals surface area contributed by atoms with E-state index >= 15 is 0 Å². The molecule has 0 atom stereocenters. The number of amides is 2. The van der Waals surface area contributed by atoms with Crippen molar-refractivity contribution in [3.8, 4) is 11.5 Å². The van der Waals surface area contributed by atoms with Crippen molar-refractivity contribution < 1.29 is 28.4 Å². The van der Waals surface area contributed by atoms with Crippen molar-refractivity contribution >= 4 is 51.4 Å². The normalized spacial score (nSPS) is 10.4. The molecule has 0 spiro atoms. The van der Waals surface area contributed by atoms with E-state index in [2.05, 4.69) is 15.6 Å². The van der Waals surface area contributed by atoms with Crippen molar-refractivity contribution in [3.05, 3.63) is 69.0 Å². The van der Waals surface area contributed by atoms with Crippen LogP contribution in [0.1, 0.15) is 16.1 Å². The fourth-order valence-corrected chi connectivity index (χ4v) is 4.30. The van der Waals surface area contributed by atoms with E-state index in [0.717, 1.165) is 17.4 Å². The van der Waals surface area contributed by atoms with Gasteiger partial charge in [0.05, 0.1) is 36.7 Å². The number of benzene rings is 2. The Balaban J connectivity index is 1.58. The number of ether oxygens (including phenoxy) is 2. The van der Waals surface area contributed by atoms with Crippen molar-refractivity contribution in [1.82, 2.24) is 4.98 Å². The summed E-state index contributed by atoms with van der Waals surface area (Å²) in [7, 11) is 2.69. The average Bonchev–Trinajstić information content (AvgIpc) is 3.26. The van der Waals surface area contributed by atoms with Gasteiger partial charge in [0.2, 0.25) is 5.91 Å². The molecule has 0 saturated carbocycles. The minimum Gasteiger partial charge on any atom is -0.493 e. The fourth-order valence-electron chi connectivity index (χ4n) is 2.77. The number of nitrogens with one attached hydrogen (secondary N) is 2. The van der Waals surface area contributed by atoms with Crippen molar-refractivity contribution in [2.75, 3.05) is 30.6 Å². The molecule has 0 aliphatic heterocycles. The maximum Gasteiger partial charge on any atom is 0.286 e. The predicted octanol–water partition coefficient (Wildman–Crippen LogP) is 4.33. The van der Waals surface area contributed by atoms with E-state index in [-0.39, 0.29) is 39.7 Å². The highest BCUT2D eigenvalue weighted by Crippen LogP contribution is 2.35. The van der Waals surface area contributed by atoms with Crippen LogP contribution in [0.4, 0.5) is 20.9 Å². The van der Waals surface area contributed by atoms with Gasteiger partial charge in [-0.1, -0.05) is 0 Å². The molecule has 2 amide bonds. The Morgan fingerprint density at radius 1 is 1.15 bits per heavy atom. The molecule has 3 aromatic rings. The highest BCUT2D eigenvalue weighted by molar-refractivity contribution is 7.99. The number of hydrogen-bond acceptors (Lipinski definition) is 9. The average molecular weight is 507 g/mol. The maximum atomic E-state index is 12.9. The monoisotopic (exact) mass is 506 g/mol. The number of hydrogen-bond donors (Lipinski definition) is 2. The molecule has 0 fully saturated rings. The Labute approximate surface area is 201 Å². The van der Waals surface area contributed by atoms with Gasteiger partial charge >= 0.3 is 0 Å². The molecule has 13 heteroatoms. The van der Waals surface area contributed by atoms with Gasteiger partial charge in [0.25, 0.3) is 11.6 Å². The van der Waals surface area contributed by atoms with Gasteiger partial charge in [-0.05, 0) is 24.3 Å². The number of nitro benzene ring substituents is 1. The number of aromatic nitrogens is 1. The molecule has 0 unspecified atom stereocenters. The number of halogens is 1. The van der Waals surface area contributed by atoms with Crippen LogP contribution in [-0.4, -0.2) is 41.7 Å². The van der Waals surface area contributed by atoms with Crippen LogP contribution < -0.4 is 20.1 Å². The Morgan fingerprint density at radius 3 is 2.47 bits per heavy atom. The first kappa shape index (κ1) is 24.9. The van der Waals surface area contributed by atoms with Gasteiger partial charge in [0.15, 0.2) is 16.6 Å². The summed E-state index contributed by atoms with van der Waals surface area (Å²) in [6.07, 6.45) is 0. The zero-order valence-electron chi connectivity index (χ0n) is 18.0. The summed E-state index contributed by atoms with van der Waals surface area (Å²) in [4.78, 5) is 39.7. The second-order valence-electron chi connectivity index (χ2n) is 6.63. The van der Waals surface area contributed by atoms with Crippen molar-refractivity contribution in [1.29, 1.82) is 0 Å². The number of nitro groups is 1. The van der Waals surface area contributed by atoms with E-state index in [1.165, 1.54) is 56.3 Å². The Kier molecular flexibility index (Phi) is 8.38. The maximum absolute atomic E-state index is 12.9. The van der Waals surface area contributed by atoms with Gasteiger partial charge in [-0.25, -0.2) is 9.37 Å². The lowest BCUT2D eigenvalue weighted by Gasteiger charge is -2.10. The second-order valence-corrected chi connectivity index (χ2v) is 8.47. The third-order valence-corrected chi connectivity index (χ3v) is 6.10. The van der Waals surface area contributed by atoms with Crippen LogP contribution in [0.5, 0.6) is 11.5 Å². The summed E-state index contributed by atoms with van der Waals surface area (Å²) in [6, 6.07) is 7.80. The minimum atomic E-state index is -0.722. The summed E-state index contributed by atoms with van der Waals surface area (Å²) < 4.78 is 23.1. The largest absolute Gasteiger partial charge is 0.493 e. The van der Waals surface area contributed by atoms with Crippen LogP contribution in [0.3, 0.4) is 0 Å². The molecule has 178 valence electrons. The van der Waals surface area contributed by atoms with Crippen LogP contribution in [-0.2, 0) is 10.5 Å². The molecule has 0 aliphatic rings. The lowest BCUT2D eigenvalue weighted by molar-refractivity contribution is -0.385. The Bertz CT molecular complexity index is 1200. The summed E-state index contributed by atoms with van der Waals surface area (Å²) >= 11 is 2.46. The molecular formula is C21H19FN4O6S2. The number of carbonyl (C=O) groups excluding carboxylic acids is 2. The molecule has 2 aromatic carbocycles. The first-order valence-corrected chi connectivity index (χ1v) is 11.6. The van der Waals surface area contributed by atoms with Crippen LogP contribution in [0.2, 0.25) is 0 Å². The van der Waals surface area contributed by atoms with Crippen molar-refractivity contribution in [3.63, 3.8) is 0 Å². The predicted molar refractivity (Wildman–Crippen MR) is 127 cm³/mol. The molecule has 0 saturated heterocycles. The first-order chi connectivity index (χ1) is 16.3. The molecule has 2 N–H and O–H groups in total. The smallest absolute Gasteiger partial charge is 0.286 e. The van der Waals surface area contributed by atoms with E-state index in [9.17, 15) is 24.1 Å². The number of carbonyl (C=O) groups is 2. The number of thioether (sulfide) groups is 1. The molecular weight excluding hydrogens is 487 g/mol. The molecule has 3 rings (SSSR count). The minimum absolute atomic E-state index is 0.128. The van der Waals surface area contributed by atoms with E-state index < -0.39 is 16.5 Å². The number of methoxy groups -OCH3 is 2. The van der Waals surface area contributed by atoms with Gasteiger partial charge in [-0.15, -0.1) is 23.1 Å². The number of rotatable bonds is 10. The third kappa shape index (κ3) is 6.42. The summed E-state index contributed by atoms with van der Waals surface area (Å²) in [5.74, 6) is -0.509. The van der Waals surface area contributed by atoms with Gasteiger partial charge in [-0.3, -0.25) is 25.0 Å². The highest BCUT2D eigenvalue weighted by atomic mass is 32.2. The zero-order valence-corrected chi connectivity index (χ0v) is 19.6. The zero-order chi connectivity index (χ0) is 24.7. The van der Waals surface area contributed by atoms with Crippen LogP contribution in [0.25, 0.3) is 0 Å². The van der Waals surface area contributed by atoms with Crippen LogP contribution >= 0.6 is 23.1 Å². The Hall–Kier alpha value is -3.71. The van der Waals surface area contributed by atoms with Crippen molar-refractivity contribution in [2.24, 2.45) is 0 Å². The molecule has 1 aromatic heterocycles. The lowest BCUT2D eigenvalue weighted by atomic mass is 10.1.